The van der Waals surface area contributed by atoms with Gasteiger partial charge in [-0.05, 0) is 24.5 Å². The first-order chi connectivity index (χ1) is 9.53. The van der Waals surface area contributed by atoms with E-state index in [-0.39, 0.29) is 5.75 Å². The highest BCUT2D eigenvalue weighted by molar-refractivity contribution is 7.92. The summed E-state index contributed by atoms with van der Waals surface area (Å²) in [5.74, 6) is 0.382. The van der Waals surface area contributed by atoms with E-state index in [0.29, 0.717) is 22.3 Å². The molecule has 3 rings (SSSR count). The first kappa shape index (κ1) is 13.4. The van der Waals surface area contributed by atoms with Crippen LogP contribution in [0.4, 0.5) is 10.8 Å². The number of nitrogen functional groups attached to an aromatic ring is 1. The molecular weight excluding hydrogens is 294 g/mol. The first-order valence-corrected chi connectivity index (χ1v) is 8.86. The highest BCUT2D eigenvalue weighted by Crippen LogP contribution is 2.41. The number of aromatic nitrogens is 1. The Morgan fingerprint density at radius 1 is 1.35 bits per heavy atom. The number of benzene rings is 1. The Kier molecular flexibility index (Phi) is 3.39. The van der Waals surface area contributed by atoms with Crippen molar-refractivity contribution in [1.29, 1.82) is 0 Å². The molecule has 20 heavy (non-hydrogen) atoms. The van der Waals surface area contributed by atoms with Gasteiger partial charge in [0.15, 0.2) is 5.13 Å². The van der Waals surface area contributed by atoms with E-state index in [4.69, 9.17) is 5.73 Å². The molecule has 1 heterocycles. The largest absolute Gasteiger partial charge is 0.398 e. The van der Waals surface area contributed by atoms with Crippen molar-refractivity contribution in [3.63, 3.8) is 0 Å². The van der Waals surface area contributed by atoms with Crippen LogP contribution in [0, 0.1) is 0 Å². The van der Waals surface area contributed by atoms with Gasteiger partial charge in [0.25, 0.3) is 0 Å². The zero-order valence-electron chi connectivity index (χ0n) is 10.7. The van der Waals surface area contributed by atoms with E-state index in [1.165, 1.54) is 11.3 Å². The third kappa shape index (κ3) is 3.10. The summed E-state index contributed by atoms with van der Waals surface area (Å²) >= 11 is 1.33. The lowest BCUT2D eigenvalue weighted by atomic mass is 10.2. The zero-order chi connectivity index (χ0) is 14.2. The van der Waals surface area contributed by atoms with Gasteiger partial charge < -0.3 is 5.73 Å². The number of sulfonamides is 1. The van der Waals surface area contributed by atoms with Crippen molar-refractivity contribution in [3.8, 4) is 0 Å². The van der Waals surface area contributed by atoms with E-state index in [2.05, 4.69) is 9.71 Å². The number of hydrogen-bond donors (Lipinski definition) is 2. The lowest BCUT2D eigenvalue weighted by molar-refractivity contribution is 0.600. The molecule has 1 fully saturated rings. The average molecular weight is 309 g/mol. The highest BCUT2D eigenvalue weighted by atomic mass is 32.2. The molecule has 5 nitrogen and oxygen atoms in total. The van der Waals surface area contributed by atoms with E-state index >= 15 is 0 Å². The standard InChI is InChI=1S/C13H15N3O2S2/c14-11-4-2-1-3-10(11)8-20(17,18)16-13-15-12(7-19-13)9-5-6-9/h1-4,7,9H,5-6,8,14H2,(H,15,16). The maximum atomic E-state index is 12.1. The molecule has 0 spiro atoms. The first-order valence-electron chi connectivity index (χ1n) is 6.33. The lowest BCUT2D eigenvalue weighted by Gasteiger charge is -2.07. The summed E-state index contributed by atoms with van der Waals surface area (Å²) in [6.45, 7) is 0. The van der Waals surface area contributed by atoms with Crippen molar-refractivity contribution in [1.82, 2.24) is 4.98 Å². The Morgan fingerprint density at radius 2 is 2.10 bits per heavy atom. The monoisotopic (exact) mass is 309 g/mol. The van der Waals surface area contributed by atoms with Gasteiger partial charge >= 0.3 is 0 Å². The number of nitrogens with two attached hydrogens (primary N) is 1. The maximum absolute atomic E-state index is 12.1. The second kappa shape index (κ2) is 5.06. The fourth-order valence-corrected chi connectivity index (χ4v) is 4.20. The Bertz CT molecular complexity index is 721. The van der Waals surface area contributed by atoms with Crippen LogP contribution < -0.4 is 10.5 Å². The minimum Gasteiger partial charge on any atom is -0.398 e. The van der Waals surface area contributed by atoms with Gasteiger partial charge in [-0.1, -0.05) is 18.2 Å². The van der Waals surface area contributed by atoms with Gasteiger partial charge in [0.2, 0.25) is 10.0 Å². The average Bonchev–Trinajstić information content (AvgIpc) is 3.13. The molecule has 1 aromatic carbocycles. The van der Waals surface area contributed by atoms with Crippen LogP contribution in [0.1, 0.15) is 30.0 Å². The maximum Gasteiger partial charge on any atom is 0.238 e. The number of thiazole rings is 1. The Labute approximate surface area is 121 Å². The van der Waals surface area contributed by atoms with Crippen LogP contribution in [-0.2, 0) is 15.8 Å². The summed E-state index contributed by atoms with van der Waals surface area (Å²) in [6, 6.07) is 6.96. The van der Waals surface area contributed by atoms with Gasteiger partial charge in [0, 0.05) is 17.0 Å². The summed E-state index contributed by atoms with van der Waals surface area (Å²) < 4.78 is 26.8. The molecule has 1 aliphatic carbocycles. The van der Waals surface area contributed by atoms with Gasteiger partial charge in [-0.2, -0.15) is 0 Å². The van der Waals surface area contributed by atoms with Crippen LogP contribution in [0.5, 0.6) is 0 Å². The van der Waals surface area contributed by atoms with Gasteiger partial charge in [0.1, 0.15) is 0 Å². The smallest absolute Gasteiger partial charge is 0.238 e. The second-order valence-electron chi connectivity index (χ2n) is 4.91. The second-order valence-corrected chi connectivity index (χ2v) is 7.49. The lowest BCUT2D eigenvalue weighted by Crippen LogP contribution is -2.15. The van der Waals surface area contributed by atoms with Crippen molar-refractivity contribution in [2.45, 2.75) is 24.5 Å². The van der Waals surface area contributed by atoms with E-state index < -0.39 is 10.0 Å². The minimum absolute atomic E-state index is 0.141. The molecule has 0 aliphatic heterocycles. The van der Waals surface area contributed by atoms with E-state index in [1.54, 1.807) is 24.3 Å². The van der Waals surface area contributed by atoms with Crippen molar-refractivity contribution in [2.24, 2.45) is 0 Å². The number of para-hydroxylation sites is 1. The van der Waals surface area contributed by atoms with Crippen molar-refractivity contribution in [2.75, 3.05) is 10.5 Å². The van der Waals surface area contributed by atoms with Crippen LogP contribution in [0.25, 0.3) is 0 Å². The molecule has 7 heteroatoms. The SMILES string of the molecule is Nc1ccccc1CS(=O)(=O)Nc1nc(C2CC2)cs1. The molecule has 0 bridgehead atoms. The molecule has 0 atom stereocenters. The van der Waals surface area contributed by atoms with Gasteiger partial charge in [0.05, 0.1) is 11.4 Å². The van der Waals surface area contributed by atoms with E-state index in [9.17, 15) is 8.42 Å². The third-order valence-electron chi connectivity index (χ3n) is 3.16. The summed E-state index contributed by atoms with van der Waals surface area (Å²) in [7, 11) is -3.48. The van der Waals surface area contributed by atoms with Crippen LogP contribution >= 0.6 is 11.3 Å². The number of hydrogen-bond acceptors (Lipinski definition) is 5. The van der Waals surface area contributed by atoms with Crippen molar-refractivity contribution < 1.29 is 8.42 Å². The van der Waals surface area contributed by atoms with Crippen molar-refractivity contribution >= 4 is 32.2 Å². The third-order valence-corrected chi connectivity index (χ3v) is 5.26. The molecule has 1 aromatic heterocycles. The van der Waals surface area contributed by atoms with Gasteiger partial charge in [-0.15, -0.1) is 11.3 Å². The molecule has 3 N–H and O–H groups in total. The quantitative estimate of drug-likeness (QED) is 0.831. The molecule has 0 amide bonds. The zero-order valence-corrected chi connectivity index (χ0v) is 12.4. The molecule has 106 valence electrons. The summed E-state index contributed by atoms with van der Waals surface area (Å²) in [4.78, 5) is 4.32. The highest BCUT2D eigenvalue weighted by Gasteiger charge is 2.26. The Balaban J connectivity index is 1.73. The minimum atomic E-state index is -3.48. The fourth-order valence-electron chi connectivity index (χ4n) is 1.94. The molecule has 0 unspecified atom stereocenters. The molecule has 1 saturated carbocycles. The van der Waals surface area contributed by atoms with Crippen LogP contribution in [0.15, 0.2) is 29.6 Å². The Morgan fingerprint density at radius 3 is 2.80 bits per heavy atom. The Hall–Kier alpha value is -1.60. The van der Waals surface area contributed by atoms with E-state index in [0.717, 1.165) is 18.5 Å². The predicted octanol–water partition coefficient (Wildman–Crippen LogP) is 2.54. The molecule has 2 aromatic rings. The topological polar surface area (TPSA) is 85.1 Å². The number of nitrogens with zero attached hydrogens (tertiary/aromatic N) is 1. The van der Waals surface area contributed by atoms with Gasteiger partial charge in [-0.3, -0.25) is 4.72 Å². The molecule has 0 saturated heterocycles. The summed E-state index contributed by atoms with van der Waals surface area (Å²) in [5, 5.41) is 2.35. The number of rotatable bonds is 5. The van der Waals surface area contributed by atoms with Crippen LogP contribution in [0.3, 0.4) is 0 Å². The number of anilines is 2. The fraction of sp³-hybridized carbons (Fsp3) is 0.308. The molecular formula is C13H15N3O2S2. The number of nitrogens with one attached hydrogen (secondary N) is 1. The van der Waals surface area contributed by atoms with E-state index in [1.807, 2.05) is 5.38 Å². The normalized spacial score (nSPS) is 15.2. The van der Waals surface area contributed by atoms with Gasteiger partial charge in [-0.25, -0.2) is 13.4 Å². The molecule has 1 aliphatic rings. The van der Waals surface area contributed by atoms with Crippen LogP contribution in [-0.4, -0.2) is 13.4 Å². The van der Waals surface area contributed by atoms with Crippen LogP contribution in [0.2, 0.25) is 0 Å². The summed E-state index contributed by atoms with van der Waals surface area (Å²) in [6.07, 6.45) is 2.30. The summed E-state index contributed by atoms with van der Waals surface area (Å²) in [5.41, 5.74) is 7.84. The molecule has 0 radical (unpaired) electrons. The van der Waals surface area contributed by atoms with Crippen molar-refractivity contribution in [3.05, 3.63) is 40.9 Å². The predicted molar refractivity (Wildman–Crippen MR) is 81.2 cm³/mol.